The van der Waals surface area contributed by atoms with E-state index in [1.54, 1.807) is 4.68 Å². The number of nitriles is 1. The Morgan fingerprint density at radius 3 is 2.65 bits per heavy atom. The first kappa shape index (κ1) is 19.6. The molecule has 0 N–H and O–H groups in total. The van der Waals surface area contributed by atoms with Crippen molar-refractivity contribution in [1.29, 1.82) is 5.26 Å². The van der Waals surface area contributed by atoms with Crippen molar-refractivity contribution in [2.24, 2.45) is 13.0 Å². The highest BCUT2D eigenvalue weighted by Gasteiger charge is 2.29. The highest BCUT2D eigenvalue weighted by molar-refractivity contribution is 5.95. The number of rotatable bonds is 5. The molecule has 0 amide bonds. The Kier molecular flexibility index (Phi) is 4.85. The zero-order chi connectivity index (χ0) is 21.5. The first-order valence-electron chi connectivity index (χ1n) is 10.9. The molecule has 1 unspecified atom stereocenters. The second-order valence-electron chi connectivity index (χ2n) is 8.62. The standard InChI is InChI=1S/C24H26N6O/c1-15-23(16(2)31-28-15)18-10-22-24(26-11-18)20(19-12-27-29(3)13-19)14-30(22)21(8-9-25)17-6-4-5-7-17/h10-14,17,21H,4-8H2,1-3H3. The van der Waals surface area contributed by atoms with Gasteiger partial charge in [-0.2, -0.15) is 10.4 Å². The fourth-order valence-corrected chi connectivity index (χ4v) is 5.13. The van der Waals surface area contributed by atoms with Crippen LogP contribution in [0.4, 0.5) is 0 Å². The lowest BCUT2D eigenvalue weighted by Crippen LogP contribution is -2.16. The van der Waals surface area contributed by atoms with Crippen molar-refractivity contribution >= 4 is 11.0 Å². The van der Waals surface area contributed by atoms with Crippen molar-refractivity contribution < 1.29 is 4.52 Å². The molecule has 0 aromatic carbocycles. The van der Waals surface area contributed by atoms with E-state index in [0.29, 0.717) is 12.3 Å². The van der Waals surface area contributed by atoms with Gasteiger partial charge in [0, 0.05) is 53.9 Å². The lowest BCUT2D eigenvalue weighted by atomic mass is 9.95. The third-order valence-electron chi connectivity index (χ3n) is 6.61. The lowest BCUT2D eigenvalue weighted by molar-refractivity contribution is 0.347. The van der Waals surface area contributed by atoms with Gasteiger partial charge in [0.15, 0.2) is 0 Å². The summed E-state index contributed by atoms with van der Waals surface area (Å²) in [5, 5.41) is 18.1. The third-order valence-corrected chi connectivity index (χ3v) is 6.61. The molecule has 1 atom stereocenters. The van der Waals surface area contributed by atoms with E-state index in [4.69, 9.17) is 9.51 Å². The van der Waals surface area contributed by atoms with Crippen LogP contribution in [0.5, 0.6) is 0 Å². The molecule has 7 nitrogen and oxygen atoms in total. The average Bonchev–Trinajstić information content (AvgIpc) is 3.54. The minimum atomic E-state index is 0.141. The van der Waals surface area contributed by atoms with E-state index in [0.717, 1.165) is 44.7 Å². The van der Waals surface area contributed by atoms with Gasteiger partial charge in [-0.1, -0.05) is 18.0 Å². The molecule has 4 heterocycles. The number of aromatic nitrogens is 5. The second-order valence-corrected chi connectivity index (χ2v) is 8.62. The van der Waals surface area contributed by atoms with Gasteiger partial charge >= 0.3 is 0 Å². The molecule has 158 valence electrons. The molecule has 1 aliphatic carbocycles. The summed E-state index contributed by atoms with van der Waals surface area (Å²) in [7, 11) is 1.92. The van der Waals surface area contributed by atoms with Crippen molar-refractivity contribution in [3.63, 3.8) is 0 Å². The topological polar surface area (TPSA) is 85.5 Å². The molecule has 4 aromatic rings. The van der Waals surface area contributed by atoms with Crippen LogP contribution in [0.3, 0.4) is 0 Å². The molecule has 0 radical (unpaired) electrons. The molecule has 1 fully saturated rings. The van der Waals surface area contributed by atoms with Gasteiger partial charge in [0.05, 0.1) is 35.4 Å². The van der Waals surface area contributed by atoms with Crippen LogP contribution >= 0.6 is 0 Å². The van der Waals surface area contributed by atoms with Crippen LogP contribution in [0.25, 0.3) is 33.3 Å². The maximum atomic E-state index is 9.62. The van der Waals surface area contributed by atoms with Crippen molar-refractivity contribution in [1.82, 2.24) is 24.5 Å². The summed E-state index contributed by atoms with van der Waals surface area (Å²) in [6.07, 6.45) is 13.3. The molecule has 1 aliphatic rings. The fourth-order valence-electron chi connectivity index (χ4n) is 5.13. The Labute approximate surface area is 181 Å². The van der Waals surface area contributed by atoms with Crippen LogP contribution in [0, 0.1) is 31.1 Å². The number of nitrogens with zero attached hydrogens (tertiary/aromatic N) is 6. The number of hydrogen-bond donors (Lipinski definition) is 0. The highest BCUT2D eigenvalue weighted by atomic mass is 16.5. The predicted molar refractivity (Wildman–Crippen MR) is 118 cm³/mol. The molecular formula is C24H26N6O. The van der Waals surface area contributed by atoms with Gasteiger partial charge in [0.25, 0.3) is 0 Å². The Hall–Kier alpha value is -3.40. The first-order chi connectivity index (χ1) is 15.1. The van der Waals surface area contributed by atoms with Gasteiger partial charge in [-0.3, -0.25) is 9.67 Å². The molecule has 0 spiro atoms. The predicted octanol–water partition coefficient (Wildman–Crippen LogP) is 5.35. The highest BCUT2D eigenvalue weighted by Crippen LogP contribution is 2.41. The quantitative estimate of drug-likeness (QED) is 0.439. The van der Waals surface area contributed by atoms with Crippen LogP contribution in [0.1, 0.15) is 49.6 Å². The summed E-state index contributed by atoms with van der Waals surface area (Å²) in [5.41, 5.74) is 6.90. The monoisotopic (exact) mass is 414 g/mol. The van der Waals surface area contributed by atoms with Gasteiger partial charge in [-0.25, -0.2) is 0 Å². The van der Waals surface area contributed by atoms with E-state index in [1.807, 2.05) is 39.5 Å². The van der Waals surface area contributed by atoms with Crippen LogP contribution in [-0.4, -0.2) is 24.5 Å². The number of pyridine rings is 1. The Morgan fingerprint density at radius 1 is 1.19 bits per heavy atom. The molecule has 0 aliphatic heterocycles. The summed E-state index contributed by atoms with van der Waals surface area (Å²) < 4.78 is 9.50. The fraction of sp³-hybridized carbons (Fsp3) is 0.417. The lowest BCUT2D eigenvalue weighted by Gasteiger charge is -2.24. The van der Waals surface area contributed by atoms with Crippen LogP contribution in [-0.2, 0) is 7.05 Å². The molecule has 7 heteroatoms. The number of hydrogen-bond acceptors (Lipinski definition) is 5. The molecular weight excluding hydrogens is 388 g/mol. The minimum absolute atomic E-state index is 0.141. The molecule has 31 heavy (non-hydrogen) atoms. The normalized spacial score (nSPS) is 15.5. The largest absolute Gasteiger partial charge is 0.361 e. The Bertz CT molecular complexity index is 1260. The van der Waals surface area contributed by atoms with Crippen LogP contribution < -0.4 is 0 Å². The number of fused-ring (bicyclic) bond motifs is 1. The van der Waals surface area contributed by atoms with E-state index >= 15 is 0 Å². The van der Waals surface area contributed by atoms with Crippen molar-refractivity contribution in [3.05, 3.63) is 42.3 Å². The van der Waals surface area contributed by atoms with E-state index in [-0.39, 0.29) is 6.04 Å². The summed E-state index contributed by atoms with van der Waals surface area (Å²) in [6, 6.07) is 4.75. The molecule has 5 rings (SSSR count). The maximum absolute atomic E-state index is 9.62. The van der Waals surface area contributed by atoms with E-state index < -0.39 is 0 Å². The molecule has 4 aromatic heterocycles. The first-order valence-corrected chi connectivity index (χ1v) is 10.9. The average molecular weight is 415 g/mol. The molecule has 0 bridgehead atoms. The van der Waals surface area contributed by atoms with Crippen molar-refractivity contribution in [2.45, 2.75) is 52.0 Å². The van der Waals surface area contributed by atoms with Crippen LogP contribution in [0.2, 0.25) is 0 Å². The maximum Gasteiger partial charge on any atom is 0.141 e. The molecule has 0 saturated heterocycles. The van der Waals surface area contributed by atoms with Crippen molar-refractivity contribution in [3.8, 4) is 28.3 Å². The van der Waals surface area contributed by atoms with Gasteiger partial charge in [0.2, 0.25) is 0 Å². The van der Waals surface area contributed by atoms with Gasteiger partial charge in [-0.05, 0) is 38.7 Å². The third kappa shape index (κ3) is 3.32. The zero-order valence-corrected chi connectivity index (χ0v) is 18.2. The SMILES string of the molecule is Cc1noc(C)c1-c1cnc2c(-c3cnn(C)c3)cn(C(CC#N)C3CCCC3)c2c1. The van der Waals surface area contributed by atoms with Crippen molar-refractivity contribution in [2.75, 3.05) is 0 Å². The summed E-state index contributed by atoms with van der Waals surface area (Å²) in [5.74, 6) is 1.30. The van der Waals surface area contributed by atoms with Gasteiger partial charge in [0.1, 0.15) is 5.76 Å². The van der Waals surface area contributed by atoms with E-state index in [9.17, 15) is 5.26 Å². The summed E-state index contributed by atoms with van der Waals surface area (Å²) in [4.78, 5) is 4.88. The number of aryl methyl sites for hydroxylation is 3. The van der Waals surface area contributed by atoms with Crippen LogP contribution in [0.15, 0.2) is 35.4 Å². The zero-order valence-electron chi connectivity index (χ0n) is 18.2. The van der Waals surface area contributed by atoms with E-state index in [1.165, 1.54) is 25.7 Å². The Morgan fingerprint density at radius 2 is 2.00 bits per heavy atom. The Balaban J connectivity index is 1.74. The molecule has 1 saturated carbocycles. The van der Waals surface area contributed by atoms with E-state index in [2.05, 4.69) is 33.2 Å². The van der Waals surface area contributed by atoms with Gasteiger partial charge in [-0.15, -0.1) is 0 Å². The van der Waals surface area contributed by atoms with Gasteiger partial charge < -0.3 is 9.09 Å². The smallest absolute Gasteiger partial charge is 0.141 e. The summed E-state index contributed by atoms with van der Waals surface area (Å²) >= 11 is 0. The summed E-state index contributed by atoms with van der Waals surface area (Å²) in [6.45, 7) is 3.88. The minimum Gasteiger partial charge on any atom is -0.361 e. The second kappa shape index (κ2) is 7.69.